The largest absolute Gasteiger partial charge is 0.323 e. The molecule has 0 atom stereocenters. The maximum Gasteiger partial charge on any atom is 0.0723 e. The summed E-state index contributed by atoms with van der Waals surface area (Å²) < 4.78 is 0. The van der Waals surface area contributed by atoms with Gasteiger partial charge < -0.3 is 5.43 Å². The molecule has 3 nitrogen and oxygen atoms in total. The van der Waals surface area contributed by atoms with Gasteiger partial charge in [-0.05, 0) is 30.7 Å². The first-order valence-electron chi connectivity index (χ1n) is 4.14. The van der Waals surface area contributed by atoms with Crippen LogP contribution < -0.4 is 11.3 Å². The van der Waals surface area contributed by atoms with Gasteiger partial charge in [-0.2, -0.15) is 0 Å². The van der Waals surface area contributed by atoms with Gasteiger partial charge in [0.2, 0.25) is 0 Å². The molecule has 1 aromatic carbocycles. The Hall–Kier alpha value is -1.61. The van der Waals surface area contributed by atoms with Gasteiger partial charge in [-0.15, -0.1) is 0 Å². The van der Waals surface area contributed by atoms with E-state index in [0.29, 0.717) is 0 Å². The lowest BCUT2D eigenvalue weighted by Crippen LogP contribution is -2.08. The fraction of sp³-hybridized carbons (Fsp3) is 0.100. The molecule has 3 N–H and O–H groups in total. The Labute approximate surface area is 76.6 Å². The number of aryl methyl sites for hydroxylation is 1. The van der Waals surface area contributed by atoms with Gasteiger partial charge in [0.05, 0.1) is 11.2 Å². The maximum atomic E-state index is 5.44. The molecule has 13 heavy (non-hydrogen) atoms. The lowest BCUT2D eigenvalue weighted by atomic mass is 10.1. The van der Waals surface area contributed by atoms with E-state index in [1.165, 1.54) is 0 Å². The zero-order chi connectivity index (χ0) is 9.26. The average Bonchev–Trinajstić information content (AvgIpc) is 2.18. The second-order valence-electron chi connectivity index (χ2n) is 2.97. The molecule has 0 fully saturated rings. The number of rotatable bonds is 1. The lowest BCUT2D eigenvalue weighted by Gasteiger charge is -2.07. The third kappa shape index (κ3) is 1.23. The van der Waals surface area contributed by atoms with Gasteiger partial charge in [-0.1, -0.05) is 6.07 Å². The smallest absolute Gasteiger partial charge is 0.0723 e. The highest BCUT2D eigenvalue weighted by atomic mass is 15.2. The summed E-state index contributed by atoms with van der Waals surface area (Å²) >= 11 is 0. The fourth-order valence-corrected chi connectivity index (χ4v) is 1.45. The third-order valence-corrected chi connectivity index (χ3v) is 2.14. The van der Waals surface area contributed by atoms with Gasteiger partial charge in [0.1, 0.15) is 0 Å². The van der Waals surface area contributed by atoms with Gasteiger partial charge in [0.25, 0.3) is 0 Å². The van der Waals surface area contributed by atoms with Crippen LogP contribution in [0.15, 0.2) is 30.5 Å². The number of aromatic nitrogens is 1. The number of nitrogens with zero attached hydrogens (tertiary/aromatic N) is 1. The van der Waals surface area contributed by atoms with Gasteiger partial charge in [-0.25, -0.2) is 0 Å². The molecule has 0 radical (unpaired) electrons. The summed E-state index contributed by atoms with van der Waals surface area (Å²) in [5, 5.41) is 1.06. The predicted octanol–water partition coefficient (Wildman–Crippen LogP) is 1.83. The highest BCUT2D eigenvalue weighted by molar-refractivity contribution is 5.92. The molecule has 0 unspecified atom stereocenters. The van der Waals surface area contributed by atoms with Crippen molar-refractivity contribution in [3.8, 4) is 0 Å². The molecular weight excluding hydrogens is 162 g/mol. The summed E-state index contributed by atoms with van der Waals surface area (Å²) in [7, 11) is 0. The summed E-state index contributed by atoms with van der Waals surface area (Å²) in [6.07, 6.45) is 1.78. The van der Waals surface area contributed by atoms with Crippen LogP contribution in [0.3, 0.4) is 0 Å². The number of hydrogen-bond acceptors (Lipinski definition) is 3. The molecule has 0 aliphatic heterocycles. The van der Waals surface area contributed by atoms with Crippen molar-refractivity contribution in [3.05, 3.63) is 36.0 Å². The van der Waals surface area contributed by atoms with E-state index >= 15 is 0 Å². The van der Waals surface area contributed by atoms with Crippen molar-refractivity contribution >= 4 is 16.6 Å². The quantitative estimate of drug-likeness (QED) is 0.511. The van der Waals surface area contributed by atoms with Crippen LogP contribution in [0.25, 0.3) is 10.9 Å². The molecule has 0 amide bonds. The monoisotopic (exact) mass is 173 g/mol. The van der Waals surface area contributed by atoms with E-state index < -0.39 is 0 Å². The van der Waals surface area contributed by atoms with Crippen molar-refractivity contribution < 1.29 is 0 Å². The van der Waals surface area contributed by atoms with Crippen molar-refractivity contribution in [2.75, 3.05) is 5.43 Å². The molecule has 2 aromatic rings. The molecule has 0 aliphatic carbocycles. The summed E-state index contributed by atoms with van der Waals surface area (Å²) in [6.45, 7) is 2.02. The average molecular weight is 173 g/mol. The Morgan fingerprint density at radius 1 is 1.31 bits per heavy atom. The van der Waals surface area contributed by atoms with E-state index in [4.69, 9.17) is 5.84 Å². The van der Waals surface area contributed by atoms with Crippen LogP contribution in [0, 0.1) is 6.92 Å². The molecule has 2 rings (SSSR count). The van der Waals surface area contributed by atoms with Gasteiger partial charge in [-0.3, -0.25) is 10.8 Å². The van der Waals surface area contributed by atoms with Gasteiger partial charge >= 0.3 is 0 Å². The first-order valence-corrected chi connectivity index (χ1v) is 4.14. The minimum atomic E-state index is 0.950. The number of nitrogen functional groups attached to an aromatic ring is 1. The van der Waals surface area contributed by atoms with Crippen LogP contribution in [0.5, 0.6) is 0 Å². The molecule has 0 saturated heterocycles. The fourth-order valence-electron chi connectivity index (χ4n) is 1.45. The molecular formula is C10H11N3. The Kier molecular flexibility index (Phi) is 1.87. The lowest BCUT2D eigenvalue weighted by molar-refractivity contribution is 1.31. The Balaban J connectivity index is 2.84. The molecule has 0 saturated carbocycles. The zero-order valence-corrected chi connectivity index (χ0v) is 7.41. The Morgan fingerprint density at radius 2 is 2.15 bits per heavy atom. The normalized spacial score (nSPS) is 10.3. The van der Waals surface area contributed by atoms with Crippen molar-refractivity contribution in [3.63, 3.8) is 0 Å². The maximum absolute atomic E-state index is 5.44. The summed E-state index contributed by atoms with van der Waals surface area (Å²) in [5.41, 5.74) is 5.73. The minimum Gasteiger partial charge on any atom is -0.323 e. The summed E-state index contributed by atoms with van der Waals surface area (Å²) in [6, 6.07) is 7.91. The number of hydrogen-bond donors (Lipinski definition) is 2. The summed E-state index contributed by atoms with van der Waals surface area (Å²) in [5.74, 6) is 5.44. The first-order chi connectivity index (χ1) is 6.33. The standard InChI is InChI=1S/C10H11N3/c1-7-4-5-9-8(10(7)13-11)3-2-6-12-9/h2-6,13H,11H2,1H3. The number of nitrogens with one attached hydrogen (secondary N) is 1. The van der Waals surface area contributed by atoms with Crippen molar-refractivity contribution in [2.24, 2.45) is 5.84 Å². The summed E-state index contributed by atoms with van der Waals surface area (Å²) in [4.78, 5) is 4.24. The van der Waals surface area contributed by atoms with Crippen LogP contribution in [0.2, 0.25) is 0 Å². The third-order valence-electron chi connectivity index (χ3n) is 2.14. The van der Waals surface area contributed by atoms with Crippen molar-refractivity contribution in [1.82, 2.24) is 4.98 Å². The number of nitrogens with two attached hydrogens (primary N) is 1. The second-order valence-corrected chi connectivity index (χ2v) is 2.97. The Bertz CT molecular complexity index is 437. The molecule has 3 heteroatoms. The molecule has 1 aromatic heterocycles. The molecule has 0 bridgehead atoms. The van der Waals surface area contributed by atoms with Crippen LogP contribution in [0.4, 0.5) is 5.69 Å². The Morgan fingerprint density at radius 3 is 2.92 bits per heavy atom. The molecule has 0 aliphatic rings. The number of benzene rings is 1. The predicted molar refractivity (Wildman–Crippen MR) is 54.3 cm³/mol. The number of hydrazine groups is 1. The highest BCUT2D eigenvalue weighted by Crippen LogP contribution is 2.24. The van der Waals surface area contributed by atoms with Crippen LogP contribution in [0.1, 0.15) is 5.56 Å². The van der Waals surface area contributed by atoms with Crippen molar-refractivity contribution in [2.45, 2.75) is 6.92 Å². The van der Waals surface area contributed by atoms with E-state index in [1.54, 1.807) is 6.20 Å². The van der Waals surface area contributed by atoms with E-state index in [9.17, 15) is 0 Å². The second kappa shape index (κ2) is 3.03. The van der Waals surface area contributed by atoms with E-state index in [-0.39, 0.29) is 0 Å². The molecule has 0 spiro atoms. The number of fused-ring (bicyclic) bond motifs is 1. The number of pyridine rings is 1. The highest BCUT2D eigenvalue weighted by Gasteiger charge is 2.02. The van der Waals surface area contributed by atoms with Crippen molar-refractivity contribution in [1.29, 1.82) is 0 Å². The zero-order valence-electron chi connectivity index (χ0n) is 7.41. The van der Waals surface area contributed by atoms with Crippen LogP contribution in [-0.4, -0.2) is 4.98 Å². The first kappa shape index (κ1) is 8.01. The van der Waals surface area contributed by atoms with E-state index in [0.717, 1.165) is 22.2 Å². The SMILES string of the molecule is Cc1ccc2ncccc2c1NN. The van der Waals surface area contributed by atoms with Crippen LogP contribution >= 0.6 is 0 Å². The van der Waals surface area contributed by atoms with E-state index in [1.807, 2.05) is 31.2 Å². The number of anilines is 1. The topological polar surface area (TPSA) is 50.9 Å². The van der Waals surface area contributed by atoms with Crippen LogP contribution in [-0.2, 0) is 0 Å². The minimum absolute atomic E-state index is 0.950. The molecule has 1 heterocycles. The van der Waals surface area contributed by atoms with Gasteiger partial charge in [0, 0.05) is 11.6 Å². The molecule has 66 valence electrons. The van der Waals surface area contributed by atoms with Gasteiger partial charge in [0.15, 0.2) is 0 Å². The van der Waals surface area contributed by atoms with E-state index in [2.05, 4.69) is 10.4 Å².